The molecule has 0 bridgehead atoms. The first-order valence-electron chi connectivity index (χ1n) is 10.2. The normalized spacial score (nSPS) is 17.7. The maximum atomic E-state index is 12.7. The number of benzene rings is 2. The molecule has 0 saturated carbocycles. The number of carbonyl (C=O) groups is 2. The van der Waals surface area contributed by atoms with E-state index in [9.17, 15) is 9.59 Å². The number of carbonyl (C=O) groups excluding carboxylic acids is 2. The van der Waals surface area contributed by atoms with Crippen LogP contribution in [0.1, 0.15) is 18.1 Å². The van der Waals surface area contributed by atoms with E-state index in [2.05, 4.69) is 34.6 Å². The molecule has 29 heavy (non-hydrogen) atoms. The number of hydrogen-bond acceptors (Lipinski definition) is 4. The van der Waals surface area contributed by atoms with Crippen molar-refractivity contribution in [3.8, 4) is 0 Å². The average Bonchev–Trinajstić information content (AvgIpc) is 2.75. The highest BCUT2D eigenvalue weighted by Gasteiger charge is 2.33. The highest BCUT2D eigenvalue weighted by molar-refractivity contribution is 5.93. The summed E-state index contributed by atoms with van der Waals surface area (Å²) in [7, 11) is 1.65. The predicted molar refractivity (Wildman–Crippen MR) is 116 cm³/mol. The Morgan fingerprint density at radius 1 is 1.03 bits per heavy atom. The van der Waals surface area contributed by atoms with E-state index < -0.39 is 0 Å². The SMILES string of the molecule is CCc1ccccc1NC(=O)CN1CCN(Cc2ccccc2)C[C@@H]1C(=O)NC. The molecule has 6 nitrogen and oxygen atoms in total. The van der Waals surface area contributed by atoms with Gasteiger partial charge in [0, 0.05) is 38.9 Å². The van der Waals surface area contributed by atoms with Gasteiger partial charge in [0.1, 0.15) is 6.04 Å². The summed E-state index contributed by atoms with van der Waals surface area (Å²) in [5, 5.41) is 5.76. The Kier molecular flexibility index (Phi) is 7.38. The Hall–Kier alpha value is -2.70. The average molecular weight is 395 g/mol. The maximum absolute atomic E-state index is 12.7. The monoisotopic (exact) mass is 394 g/mol. The number of anilines is 1. The summed E-state index contributed by atoms with van der Waals surface area (Å²) in [4.78, 5) is 29.4. The standard InChI is InChI=1S/C23H30N4O2/c1-3-19-11-7-8-12-20(19)25-22(28)17-27-14-13-26(16-21(27)23(29)24-2)15-18-9-5-4-6-10-18/h4-12,21H,3,13-17H2,1-2H3,(H,24,29)(H,25,28)/t21-/m1/s1. The van der Waals surface area contributed by atoms with Crippen molar-refractivity contribution < 1.29 is 9.59 Å². The van der Waals surface area contributed by atoms with Crippen molar-refractivity contribution in [2.24, 2.45) is 0 Å². The van der Waals surface area contributed by atoms with Crippen LogP contribution < -0.4 is 10.6 Å². The number of piperazine rings is 1. The Balaban J connectivity index is 1.63. The largest absolute Gasteiger partial charge is 0.358 e. The zero-order valence-electron chi connectivity index (χ0n) is 17.2. The van der Waals surface area contributed by atoms with Crippen LogP contribution >= 0.6 is 0 Å². The summed E-state index contributed by atoms with van der Waals surface area (Å²) in [5.74, 6) is -0.138. The van der Waals surface area contributed by atoms with Crippen LogP contribution in [-0.2, 0) is 22.6 Å². The number of likely N-dealkylation sites (N-methyl/N-ethyl adjacent to an activating group) is 1. The first kappa shape index (κ1) is 21.0. The van der Waals surface area contributed by atoms with Gasteiger partial charge in [-0.25, -0.2) is 0 Å². The first-order valence-corrected chi connectivity index (χ1v) is 10.2. The van der Waals surface area contributed by atoms with Crippen molar-refractivity contribution in [2.45, 2.75) is 25.9 Å². The number of nitrogens with one attached hydrogen (secondary N) is 2. The lowest BCUT2D eigenvalue weighted by Crippen LogP contribution is -2.59. The molecule has 0 unspecified atom stereocenters. The molecule has 1 saturated heterocycles. The van der Waals surface area contributed by atoms with Crippen molar-refractivity contribution >= 4 is 17.5 Å². The molecule has 2 amide bonds. The molecule has 1 aliphatic heterocycles. The van der Waals surface area contributed by atoms with E-state index >= 15 is 0 Å². The highest BCUT2D eigenvalue weighted by Crippen LogP contribution is 2.17. The molecule has 0 aliphatic carbocycles. The molecule has 0 spiro atoms. The quantitative estimate of drug-likeness (QED) is 0.755. The van der Waals surface area contributed by atoms with Crippen LogP contribution in [0, 0.1) is 0 Å². The van der Waals surface area contributed by atoms with Gasteiger partial charge in [0.15, 0.2) is 0 Å². The van der Waals surface area contributed by atoms with E-state index in [0.717, 1.165) is 30.8 Å². The third kappa shape index (κ3) is 5.65. The van der Waals surface area contributed by atoms with Crippen LogP contribution in [0.5, 0.6) is 0 Å². The Morgan fingerprint density at radius 3 is 2.48 bits per heavy atom. The lowest BCUT2D eigenvalue weighted by Gasteiger charge is -2.40. The molecule has 2 aromatic carbocycles. The van der Waals surface area contributed by atoms with Gasteiger partial charge in [-0.15, -0.1) is 0 Å². The predicted octanol–water partition coefficient (Wildman–Crippen LogP) is 2.12. The van der Waals surface area contributed by atoms with Gasteiger partial charge in [0.25, 0.3) is 0 Å². The molecular weight excluding hydrogens is 364 g/mol. The van der Waals surface area contributed by atoms with Crippen LogP contribution in [0.25, 0.3) is 0 Å². The van der Waals surface area contributed by atoms with E-state index in [-0.39, 0.29) is 24.4 Å². The Labute approximate surface area is 172 Å². The van der Waals surface area contributed by atoms with E-state index in [1.54, 1.807) is 7.05 Å². The molecule has 2 N–H and O–H groups in total. The molecule has 6 heteroatoms. The van der Waals surface area contributed by atoms with Gasteiger partial charge in [0.2, 0.25) is 11.8 Å². The number of hydrogen-bond donors (Lipinski definition) is 2. The smallest absolute Gasteiger partial charge is 0.238 e. The molecule has 154 valence electrons. The lowest BCUT2D eigenvalue weighted by atomic mass is 10.1. The molecule has 3 rings (SSSR count). The number of rotatable bonds is 7. The van der Waals surface area contributed by atoms with Crippen molar-refractivity contribution in [3.05, 3.63) is 65.7 Å². The molecule has 2 aromatic rings. The van der Waals surface area contributed by atoms with Gasteiger partial charge >= 0.3 is 0 Å². The maximum Gasteiger partial charge on any atom is 0.238 e. The van der Waals surface area contributed by atoms with Crippen molar-refractivity contribution in [3.63, 3.8) is 0 Å². The number of nitrogens with zero attached hydrogens (tertiary/aromatic N) is 2. The molecular formula is C23H30N4O2. The van der Waals surface area contributed by atoms with Gasteiger partial charge in [-0.2, -0.15) is 0 Å². The van der Waals surface area contributed by atoms with E-state index in [1.807, 2.05) is 47.4 Å². The van der Waals surface area contributed by atoms with Gasteiger partial charge in [-0.05, 0) is 23.6 Å². The van der Waals surface area contributed by atoms with Crippen LogP contribution in [0.4, 0.5) is 5.69 Å². The molecule has 1 fully saturated rings. The molecule has 1 atom stereocenters. The van der Waals surface area contributed by atoms with E-state index in [0.29, 0.717) is 13.1 Å². The Bertz CT molecular complexity index is 825. The third-order valence-electron chi connectivity index (χ3n) is 5.39. The highest BCUT2D eigenvalue weighted by atomic mass is 16.2. The van der Waals surface area contributed by atoms with Crippen molar-refractivity contribution in [1.82, 2.24) is 15.1 Å². The summed E-state index contributed by atoms with van der Waals surface area (Å²) in [6.45, 7) is 5.18. The van der Waals surface area contributed by atoms with Crippen molar-refractivity contribution in [1.29, 1.82) is 0 Å². The summed E-state index contributed by atoms with van der Waals surface area (Å²) < 4.78 is 0. The molecule has 1 aliphatic rings. The van der Waals surface area contributed by atoms with Gasteiger partial charge < -0.3 is 10.6 Å². The van der Waals surface area contributed by atoms with E-state index in [1.165, 1.54) is 5.56 Å². The van der Waals surface area contributed by atoms with Gasteiger partial charge in [-0.3, -0.25) is 19.4 Å². The second-order valence-electron chi connectivity index (χ2n) is 7.38. The van der Waals surface area contributed by atoms with Crippen LogP contribution in [0.15, 0.2) is 54.6 Å². The topological polar surface area (TPSA) is 64.7 Å². The third-order valence-corrected chi connectivity index (χ3v) is 5.39. The summed E-state index contributed by atoms with van der Waals surface area (Å²) in [5.41, 5.74) is 3.18. The van der Waals surface area contributed by atoms with Gasteiger partial charge in [-0.1, -0.05) is 55.5 Å². The summed E-state index contributed by atoms with van der Waals surface area (Å²) in [6.07, 6.45) is 0.857. The zero-order valence-corrected chi connectivity index (χ0v) is 17.2. The zero-order chi connectivity index (χ0) is 20.6. The summed E-state index contributed by atoms with van der Waals surface area (Å²) >= 11 is 0. The second-order valence-corrected chi connectivity index (χ2v) is 7.38. The minimum Gasteiger partial charge on any atom is -0.358 e. The summed E-state index contributed by atoms with van der Waals surface area (Å²) in [6, 6.07) is 17.7. The molecule has 0 radical (unpaired) electrons. The second kappa shape index (κ2) is 10.2. The molecule has 1 heterocycles. The lowest BCUT2D eigenvalue weighted by molar-refractivity contribution is -0.130. The number of para-hydroxylation sites is 1. The number of amides is 2. The van der Waals surface area contributed by atoms with Crippen LogP contribution in [-0.4, -0.2) is 60.9 Å². The van der Waals surface area contributed by atoms with E-state index in [4.69, 9.17) is 0 Å². The fourth-order valence-corrected chi connectivity index (χ4v) is 3.79. The first-order chi connectivity index (χ1) is 14.1. The van der Waals surface area contributed by atoms with Crippen molar-refractivity contribution in [2.75, 3.05) is 38.5 Å². The number of aryl methyl sites for hydroxylation is 1. The fourth-order valence-electron chi connectivity index (χ4n) is 3.79. The van der Waals surface area contributed by atoms with Crippen LogP contribution in [0.2, 0.25) is 0 Å². The van der Waals surface area contributed by atoms with Gasteiger partial charge in [0.05, 0.1) is 6.54 Å². The fraction of sp³-hybridized carbons (Fsp3) is 0.391. The Morgan fingerprint density at radius 2 is 1.76 bits per heavy atom. The van der Waals surface area contributed by atoms with Crippen LogP contribution in [0.3, 0.4) is 0 Å². The minimum absolute atomic E-state index is 0.0514. The molecule has 0 aromatic heterocycles. The minimum atomic E-state index is -0.343.